The quantitative estimate of drug-likeness (QED) is 0.140. The number of hydrogen-bond acceptors (Lipinski definition) is 14. The van der Waals surface area contributed by atoms with Crippen molar-refractivity contribution < 1.29 is 52.0 Å². The van der Waals surface area contributed by atoms with Crippen molar-refractivity contribution >= 4 is 43.7 Å². The molecule has 3 amide bonds. The number of rotatable bonds is 17. The molecule has 0 radical (unpaired) electrons. The zero-order valence-electron chi connectivity index (χ0n) is 30.6. The van der Waals surface area contributed by atoms with Crippen LogP contribution in [-0.4, -0.2) is 127 Å². The highest BCUT2D eigenvalue weighted by molar-refractivity contribution is 7.39. The number of nitrogens with zero attached hydrogens (tertiary/aromatic N) is 5. The number of esters is 2. The molecule has 1 aromatic heterocycles. The first-order valence-electron chi connectivity index (χ1n) is 17.9. The molecule has 0 spiro atoms. The Morgan fingerprint density at radius 3 is 2.13 bits per heavy atom. The highest BCUT2D eigenvalue weighted by Gasteiger charge is 2.34. The molecule has 1 aromatic carbocycles. The Hall–Kier alpha value is -4.60. The van der Waals surface area contributed by atoms with Crippen LogP contribution in [0.5, 0.6) is 0 Å². The van der Waals surface area contributed by atoms with Gasteiger partial charge in [-0.2, -0.15) is 0 Å². The first-order valence-corrected chi connectivity index (χ1v) is 19.4. The van der Waals surface area contributed by atoms with Gasteiger partial charge in [0.25, 0.3) is 5.91 Å². The van der Waals surface area contributed by atoms with Crippen molar-refractivity contribution in [3.05, 3.63) is 42.1 Å². The van der Waals surface area contributed by atoms with Crippen LogP contribution < -0.4 is 10.2 Å². The Kier molecular flexibility index (Phi) is 16.0. The molecule has 4 rings (SSSR count). The predicted octanol–water partition coefficient (Wildman–Crippen LogP) is 3.23. The summed E-state index contributed by atoms with van der Waals surface area (Å²) in [5.74, 6) is -2.03. The van der Waals surface area contributed by atoms with E-state index in [4.69, 9.17) is 28.5 Å². The summed E-state index contributed by atoms with van der Waals surface area (Å²) in [6.07, 6.45) is 0.581. The van der Waals surface area contributed by atoms with Gasteiger partial charge in [-0.05, 0) is 26.2 Å². The van der Waals surface area contributed by atoms with Crippen LogP contribution in [0.15, 0.2) is 36.4 Å². The van der Waals surface area contributed by atoms with Crippen molar-refractivity contribution in [2.75, 3.05) is 64.0 Å². The third kappa shape index (κ3) is 12.2. The van der Waals surface area contributed by atoms with Crippen molar-refractivity contribution in [2.24, 2.45) is 0 Å². The van der Waals surface area contributed by atoms with Gasteiger partial charge in [0.2, 0.25) is 13.9 Å². The maximum Gasteiger partial charge on any atom is 0.409 e. The number of piperazine rings is 1. The number of anilines is 1. The van der Waals surface area contributed by atoms with Crippen LogP contribution >= 0.6 is 8.03 Å². The van der Waals surface area contributed by atoms with E-state index in [1.165, 1.54) is 15.9 Å². The molecule has 18 heteroatoms. The summed E-state index contributed by atoms with van der Waals surface area (Å²) in [6, 6.07) is 9.22. The SMILES string of the molecule is CCCC(=O)OC(OC(=O)CCC)O[PH](=O)C[C@H](NC(=O)c1cc(N2CC[C@H](OC)C2)nc(-c2ccccc2)n1)C(=O)N1CCN(C(=O)OCC)CC1. The fourth-order valence-corrected chi connectivity index (χ4v) is 6.69. The Morgan fingerprint density at radius 1 is 0.906 bits per heavy atom. The molecule has 2 aliphatic heterocycles. The lowest BCUT2D eigenvalue weighted by atomic mass is 10.2. The van der Waals surface area contributed by atoms with E-state index in [-0.39, 0.29) is 63.2 Å². The fraction of sp³-hybridized carbons (Fsp3) is 0.571. The minimum absolute atomic E-state index is 0.00346. The monoisotopic (exact) mass is 760 g/mol. The van der Waals surface area contributed by atoms with E-state index < -0.39 is 56.6 Å². The van der Waals surface area contributed by atoms with Gasteiger partial charge in [0.05, 0.1) is 18.9 Å². The number of hydrogen-bond donors (Lipinski definition) is 1. The van der Waals surface area contributed by atoms with E-state index in [0.717, 1.165) is 6.42 Å². The molecule has 1 N–H and O–H groups in total. The second kappa shape index (κ2) is 20.6. The number of ether oxygens (including phenoxy) is 4. The first kappa shape index (κ1) is 41.2. The molecule has 17 nitrogen and oxygen atoms in total. The molecule has 0 saturated carbocycles. The summed E-state index contributed by atoms with van der Waals surface area (Å²) < 4.78 is 39.8. The lowest BCUT2D eigenvalue weighted by Crippen LogP contribution is -2.56. The third-order valence-electron chi connectivity index (χ3n) is 8.46. The summed E-state index contributed by atoms with van der Waals surface area (Å²) in [5.41, 5.74) is 0.623. The number of benzene rings is 1. The number of carbonyl (C=O) groups is 5. The topological polar surface area (TPSA) is 196 Å². The molecule has 53 heavy (non-hydrogen) atoms. The van der Waals surface area contributed by atoms with Crippen molar-refractivity contribution in [2.45, 2.75) is 71.5 Å². The van der Waals surface area contributed by atoms with Crippen molar-refractivity contribution in [1.82, 2.24) is 25.1 Å². The fourth-order valence-electron chi connectivity index (χ4n) is 5.67. The van der Waals surface area contributed by atoms with Gasteiger partial charge in [0, 0.05) is 70.8 Å². The van der Waals surface area contributed by atoms with Gasteiger partial charge >= 0.3 is 24.5 Å². The van der Waals surface area contributed by atoms with Gasteiger partial charge in [0.15, 0.2) is 5.82 Å². The lowest BCUT2D eigenvalue weighted by Gasteiger charge is -2.36. The Bertz CT molecular complexity index is 1570. The van der Waals surface area contributed by atoms with E-state index in [2.05, 4.69) is 10.3 Å². The Morgan fingerprint density at radius 2 is 1.55 bits per heavy atom. The smallest absolute Gasteiger partial charge is 0.409 e. The molecule has 2 saturated heterocycles. The van der Waals surface area contributed by atoms with Crippen LogP contribution in [0.25, 0.3) is 11.4 Å². The molecule has 3 heterocycles. The van der Waals surface area contributed by atoms with E-state index >= 15 is 0 Å². The number of amides is 3. The van der Waals surface area contributed by atoms with Crippen molar-refractivity contribution in [1.29, 1.82) is 0 Å². The average Bonchev–Trinajstić information content (AvgIpc) is 3.64. The molecule has 2 aliphatic rings. The zero-order valence-corrected chi connectivity index (χ0v) is 31.6. The lowest BCUT2D eigenvalue weighted by molar-refractivity contribution is -0.234. The number of nitrogens with one attached hydrogen (secondary N) is 1. The normalized spacial score (nSPS) is 16.9. The predicted molar refractivity (Wildman–Crippen MR) is 192 cm³/mol. The molecule has 0 aliphatic carbocycles. The maximum absolute atomic E-state index is 14.0. The molecular formula is C35H49N6O11P. The van der Waals surface area contributed by atoms with Gasteiger partial charge in [-0.15, -0.1) is 0 Å². The van der Waals surface area contributed by atoms with Gasteiger partial charge in [0.1, 0.15) is 17.6 Å². The minimum atomic E-state index is -3.33. The number of carbonyl (C=O) groups excluding carboxylic acids is 5. The van der Waals surface area contributed by atoms with Crippen LogP contribution in [0, 0.1) is 0 Å². The molecule has 2 fully saturated rings. The van der Waals surface area contributed by atoms with Crippen molar-refractivity contribution in [3.63, 3.8) is 0 Å². The van der Waals surface area contributed by atoms with Crippen molar-refractivity contribution in [3.8, 4) is 11.4 Å². The zero-order chi connectivity index (χ0) is 38.3. The van der Waals surface area contributed by atoms with E-state index in [1.54, 1.807) is 27.9 Å². The number of aromatic nitrogens is 2. The van der Waals surface area contributed by atoms with Gasteiger partial charge in [-0.25, -0.2) is 14.8 Å². The highest BCUT2D eigenvalue weighted by atomic mass is 31.1. The van der Waals surface area contributed by atoms with Crippen LogP contribution in [-0.2, 0) is 42.4 Å². The summed E-state index contributed by atoms with van der Waals surface area (Å²) in [4.78, 5) is 79.0. The molecule has 0 bridgehead atoms. The average molecular weight is 761 g/mol. The van der Waals surface area contributed by atoms with Gasteiger partial charge in [-0.1, -0.05) is 44.2 Å². The molecule has 1 unspecified atom stereocenters. The summed E-state index contributed by atoms with van der Waals surface area (Å²) in [6.45, 7) is 5.24. The van der Waals surface area contributed by atoms with Crippen LogP contribution in [0.4, 0.5) is 10.6 Å². The maximum atomic E-state index is 14.0. The minimum Gasteiger partial charge on any atom is -0.450 e. The molecule has 3 atom stereocenters. The van der Waals surface area contributed by atoms with E-state index in [9.17, 15) is 28.5 Å². The molecular weight excluding hydrogens is 711 g/mol. The first-order chi connectivity index (χ1) is 25.5. The molecule has 2 aromatic rings. The van der Waals surface area contributed by atoms with Crippen LogP contribution in [0.1, 0.15) is 63.4 Å². The van der Waals surface area contributed by atoms with Gasteiger partial charge in [-0.3, -0.25) is 28.3 Å². The van der Waals surface area contributed by atoms with Crippen LogP contribution in [0.2, 0.25) is 0 Å². The summed E-state index contributed by atoms with van der Waals surface area (Å²) in [5, 5.41) is 2.69. The summed E-state index contributed by atoms with van der Waals surface area (Å²) >= 11 is 0. The Balaban J connectivity index is 1.60. The standard InChI is InChI=1S/C35H49N6O11P/c1-5-11-29(42)50-35(51-30(43)12-6-2)52-53(47)23-27(33(45)39-17-19-40(20-18-39)34(46)49-7-3)37-32(44)26-21-28(41-16-15-25(22-41)48-4)38-31(36-26)24-13-9-8-10-14-24/h8-10,13-14,21,25,27,35,53H,5-7,11-12,15-20,22-23H2,1-4H3,(H,37,44)/t25-,27-/m0/s1. The van der Waals surface area contributed by atoms with E-state index in [1.807, 2.05) is 35.2 Å². The van der Waals surface area contributed by atoms with Crippen LogP contribution in [0.3, 0.4) is 0 Å². The number of methoxy groups -OCH3 is 1. The Labute approximate surface area is 309 Å². The summed E-state index contributed by atoms with van der Waals surface area (Å²) in [7, 11) is -1.70. The highest BCUT2D eigenvalue weighted by Crippen LogP contribution is 2.29. The molecule has 290 valence electrons. The second-order valence-electron chi connectivity index (χ2n) is 12.4. The second-order valence-corrected chi connectivity index (χ2v) is 13.8. The van der Waals surface area contributed by atoms with E-state index in [0.29, 0.717) is 37.3 Å². The third-order valence-corrected chi connectivity index (χ3v) is 9.66. The largest absolute Gasteiger partial charge is 0.450 e. The van der Waals surface area contributed by atoms with Gasteiger partial charge < -0.3 is 39.0 Å².